The monoisotopic (exact) mass is 384 g/mol. The van der Waals surface area contributed by atoms with Gasteiger partial charge in [0, 0.05) is 5.75 Å². The van der Waals surface area contributed by atoms with Gasteiger partial charge in [0.2, 0.25) is 0 Å². The first-order valence-corrected chi connectivity index (χ1v) is 9.58. The Morgan fingerprint density at radius 2 is 1.85 bits per heavy atom. The number of carbonyl (C=O) groups is 2. The molecule has 0 radical (unpaired) electrons. The molecule has 2 heterocycles. The lowest BCUT2D eigenvalue weighted by molar-refractivity contribution is -0.119. The van der Waals surface area contributed by atoms with Gasteiger partial charge in [0.05, 0.1) is 18.4 Å². The zero-order valence-corrected chi connectivity index (χ0v) is 15.6. The third kappa shape index (κ3) is 2.68. The lowest BCUT2D eigenvalue weighted by Crippen LogP contribution is -2.33. The number of amides is 1. The van der Waals surface area contributed by atoms with E-state index in [1.165, 1.54) is 7.11 Å². The summed E-state index contributed by atoms with van der Waals surface area (Å²) in [5.41, 5.74) is 2.30. The maximum absolute atomic E-state index is 12.9. The molecule has 7 heteroatoms. The summed E-state index contributed by atoms with van der Waals surface area (Å²) in [6, 6.07) is 16.5. The second-order valence-electron chi connectivity index (χ2n) is 6.01. The first-order chi connectivity index (χ1) is 12.6. The van der Waals surface area contributed by atoms with Crippen LogP contribution in [0.25, 0.3) is 0 Å². The largest absolute Gasteiger partial charge is 0.465 e. The summed E-state index contributed by atoms with van der Waals surface area (Å²) in [5, 5.41) is 0.482. The summed E-state index contributed by atoms with van der Waals surface area (Å²) >= 11 is 7.33. The highest BCUT2D eigenvalue weighted by molar-refractivity contribution is 7.99. The van der Waals surface area contributed by atoms with Crippen LogP contribution in [0.15, 0.2) is 54.6 Å². The number of para-hydroxylation sites is 1. The van der Waals surface area contributed by atoms with E-state index in [9.17, 15) is 9.59 Å². The Balaban J connectivity index is 1.62. The molecule has 0 unspecified atom stereocenters. The van der Waals surface area contributed by atoms with Crippen molar-refractivity contribution in [2.24, 2.45) is 0 Å². The minimum atomic E-state index is -0.365. The van der Waals surface area contributed by atoms with Crippen molar-refractivity contribution in [3.8, 4) is 0 Å². The van der Waals surface area contributed by atoms with Crippen molar-refractivity contribution in [3.05, 3.63) is 65.7 Å². The quantitative estimate of drug-likeness (QED) is 0.598. The average Bonchev–Trinajstić information content (AvgIpc) is 3.22. The van der Waals surface area contributed by atoms with Crippen molar-refractivity contribution in [2.45, 2.75) is 11.4 Å². The molecule has 0 spiro atoms. The predicted molar refractivity (Wildman–Crippen MR) is 105 cm³/mol. The van der Waals surface area contributed by atoms with E-state index in [0.29, 0.717) is 16.4 Å². The minimum Gasteiger partial charge on any atom is -0.465 e. The van der Waals surface area contributed by atoms with E-state index in [2.05, 4.69) is 0 Å². The average molecular weight is 384 g/mol. The Morgan fingerprint density at radius 3 is 2.50 bits per heavy atom. The highest BCUT2D eigenvalue weighted by Crippen LogP contribution is 2.46. The van der Waals surface area contributed by atoms with Crippen LogP contribution in [-0.4, -0.2) is 40.8 Å². The van der Waals surface area contributed by atoms with Crippen molar-refractivity contribution < 1.29 is 14.3 Å². The molecule has 132 valence electrons. The molecule has 1 amide bonds. The molecule has 2 saturated heterocycles. The molecular weight excluding hydrogens is 368 g/mol. The van der Waals surface area contributed by atoms with Crippen molar-refractivity contribution in [1.29, 1.82) is 0 Å². The van der Waals surface area contributed by atoms with Crippen LogP contribution in [-0.2, 0) is 9.53 Å². The third-order valence-electron chi connectivity index (χ3n) is 4.55. The number of carbonyl (C=O) groups excluding carboxylic acids is 2. The predicted octanol–water partition coefficient (Wildman–Crippen LogP) is 3.22. The van der Waals surface area contributed by atoms with Gasteiger partial charge in [-0.25, -0.2) is 4.79 Å². The maximum Gasteiger partial charge on any atom is 0.337 e. The molecule has 2 aromatic rings. The Morgan fingerprint density at radius 1 is 1.15 bits per heavy atom. The van der Waals surface area contributed by atoms with Crippen LogP contribution in [0.3, 0.4) is 0 Å². The van der Waals surface area contributed by atoms with E-state index in [1.54, 1.807) is 28.8 Å². The molecule has 0 bridgehead atoms. The number of rotatable bonds is 3. The van der Waals surface area contributed by atoms with E-state index in [1.807, 2.05) is 47.4 Å². The molecule has 5 nitrogen and oxygen atoms in total. The maximum atomic E-state index is 12.9. The van der Waals surface area contributed by atoms with E-state index in [0.717, 1.165) is 11.3 Å². The molecule has 2 atom stereocenters. The summed E-state index contributed by atoms with van der Waals surface area (Å²) in [6.07, 6.45) is 0. The van der Waals surface area contributed by atoms with Crippen LogP contribution in [0.2, 0.25) is 0 Å². The highest BCUT2D eigenvalue weighted by atomic mass is 32.2. The van der Waals surface area contributed by atoms with Gasteiger partial charge >= 0.3 is 5.97 Å². The number of methoxy groups -OCH3 is 1. The Bertz CT molecular complexity index is 870. The lowest BCUT2D eigenvalue weighted by Gasteiger charge is -2.25. The standard InChI is InChI=1S/C19H16N2O3S2/c1-24-18(23)13-9-7-12(8-10-13)17-21-15(11-26-17)16(22)20(19(21)25)14-5-3-2-4-6-14/h2-10,15,17H,11H2,1H3/t15-,17-/m1/s1. The summed E-state index contributed by atoms with van der Waals surface area (Å²) in [6.45, 7) is 0. The molecule has 2 aromatic carbocycles. The van der Waals surface area contributed by atoms with Gasteiger partial charge in [-0.3, -0.25) is 9.69 Å². The van der Waals surface area contributed by atoms with Crippen molar-refractivity contribution in [2.75, 3.05) is 17.8 Å². The van der Waals surface area contributed by atoms with Gasteiger partial charge in [0.15, 0.2) is 5.11 Å². The Hall–Kier alpha value is -2.38. The Labute approximate surface area is 160 Å². The van der Waals surface area contributed by atoms with Crippen molar-refractivity contribution in [3.63, 3.8) is 0 Å². The fourth-order valence-electron chi connectivity index (χ4n) is 3.26. The number of thioether (sulfide) groups is 1. The van der Waals surface area contributed by atoms with Gasteiger partial charge in [-0.05, 0) is 42.0 Å². The summed E-state index contributed by atoms with van der Waals surface area (Å²) in [7, 11) is 1.36. The number of ether oxygens (including phenoxy) is 1. The van der Waals surface area contributed by atoms with E-state index >= 15 is 0 Å². The number of benzene rings is 2. The van der Waals surface area contributed by atoms with E-state index in [-0.39, 0.29) is 23.3 Å². The van der Waals surface area contributed by atoms with Gasteiger partial charge in [0.1, 0.15) is 11.4 Å². The number of nitrogens with zero attached hydrogens (tertiary/aromatic N) is 2. The second kappa shape index (κ2) is 6.74. The van der Waals surface area contributed by atoms with Crippen LogP contribution >= 0.6 is 24.0 Å². The number of fused-ring (bicyclic) bond motifs is 1. The molecule has 0 N–H and O–H groups in total. The molecule has 2 aliphatic heterocycles. The smallest absolute Gasteiger partial charge is 0.337 e. The van der Waals surface area contributed by atoms with Crippen LogP contribution in [0.1, 0.15) is 21.3 Å². The summed E-state index contributed by atoms with van der Waals surface area (Å²) in [5.74, 6) is 0.337. The molecule has 2 aliphatic rings. The molecular formula is C19H16N2O3S2. The van der Waals surface area contributed by atoms with Crippen LogP contribution in [0.5, 0.6) is 0 Å². The summed E-state index contributed by atoms with van der Waals surface area (Å²) < 4.78 is 4.74. The van der Waals surface area contributed by atoms with Gasteiger partial charge in [0.25, 0.3) is 5.91 Å². The molecule has 0 aromatic heterocycles. The number of esters is 1. The van der Waals surface area contributed by atoms with Crippen molar-refractivity contribution >= 4 is 46.7 Å². The van der Waals surface area contributed by atoms with E-state index in [4.69, 9.17) is 17.0 Å². The topological polar surface area (TPSA) is 49.9 Å². The minimum absolute atomic E-state index is 0.0161. The molecule has 2 fully saturated rings. The first-order valence-electron chi connectivity index (χ1n) is 8.13. The van der Waals surface area contributed by atoms with Gasteiger partial charge in [-0.2, -0.15) is 0 Å². The van der Waals surface area contributed by atoms with Crippen LogP contribution in [0, 0.1) is 0 Å². The second-order valence-corrected chi connectivity index (χ2v) is 7.49. The van der Waals surface area contributed by atoms with Crippen LogP contribution in [0.4, 0.5) is 5.69 Å². The third-order valence-corrected chi connectivity index (χ3v) is 6.27. The van der Waals surface area contributed by atoms with Gasteiger partial charge in [-0.1, -0.05) is 30.3 Å². The molecule has 4 rings (SSSR count). The normalized spacial score (nSPS) is 21.9. The van der Waals surface area contributed by atoms with Crippen LogP contribution < -0.4 is 4.90 Å². The summed E-state index contributed by atoms with van der Waals surface area (Å²) in [4.78, 5) is 28.1. The lowest BCUT2D eigenvalue weighted by atomic mass is 10.1. The SMILES string of the molecule is COC(=O)c1ccc([C@H]2SC[C@@H]3C(=O)N(c4ccccc4)C(=S)N32)cc1. The zero-order valence-electron chi connectivity index (χ0n) is 14.0. The fourth-order valence-corrected chi connectivity index (χ4v) is 5.18. The number of anilines is 1. The van der Waals surface area contributed by atoms with Gasteiger partial charge < -0.3 is 9.64 Å². The molecule has 0 saturated carbocycles. The Kier molecular flexibility index (Phi) is 4.42. The van der Waals surface area contributed by atoms with E-state index < -0.39 is 0 Å². The number of hydrogen-bond donors (Lipinski definition) is 0. The first kappa shape index (κ1) is 17.1. The number of thiocarbonyl (C=S) groups is 1. The molecule has 26 heavy (non-hydrogen) atoms. The fraction of sp³-hybridized carbons (Fsp3) is 0.211. The number of hydrogen-bond acceptors (Lipinski definition) is 5. The zero-order chi connectivity index (χ0) is 18.3. The molecule has 0 aliphatic carbocycles. The van der Waals surface area contributed by atoms with Crippen molar-refractivity contribution in [1.82, 2.24) is 4.90 Å². The van der Waals surface area contributed by atoms with Gasteiger partial charge in [-0.15, -0.1) is 11.8 Å². The highest BCUT2D eigenvalue weighted by Gasteiger charge is 2.50.